The maximum Gasteiger partial charge on any atom is 0.305 e. The number of thioether (sulfide) groups is 1. The Hall–Kier alpha value is -12.0. The molecule has 4 fully saturated rings. The SMILES string of the molecule is CCCC[C@H]1C(=O)N[C@@H](CCC(=O)O)C(=O)N[C@H](C(=O)NCC(N)=O)CSCC(=O)N[C@@H](Cc2ccc(O)cc2)C(=O)N2CCCC[C@H]2C(=O)N[C@@H](CC(=O)O)C(=O)N2CCC[C@H]2C(=O)NCC(=O)N[C@@H](CCC(=O)O)C(=O)N2C[C@H](O)C[C@H]2C(=O)NCC(=O)N[C@@H](CO)C(=O)N[C@@H](Cc2c[nH]c3ccccc23)C(=O)N(C)CC(=O)N1C. The molecule has 16 amide bonds. The highest BCUT2D eigenvalue weighted by atomic mass is 32.2. The van der Waals surface area contributed by atoms with Gasteiger partial charge < -0.3 is 119 Å². The Morgan fingerprint density at radius 1 is 0.581 bits per heavy atom. The second-order valence-electron chi connectivity index (χ2n) is 28.8. The van der Waals surface area contributed by atoms with Crippen LogP contribution in [0.15, 0.2) is 54.7 Å². The molecule has 12 atom stereocenters. The average Bonchev–Trinajstić information content (AvgIpc) is 1.25. The third-order valence-corrected chi connectivity index (χ3v) is 21.1. The largest absolute Gasteiger partial charge is 0.508 e. The number of aliphatic hydroxyl groups excluding tert-OH is 2. The number of primary amides is 1. The number of phenols is 1. The Balaban J connectivity index is 1.21. The van der Waals surface area contributed by atoms with E-state index in [1.54, 1.807) is 37.4 Å². The second kappa shape index (κ2) is 44.2. The number of benzene rings is 2. The minimum Gasteiger partial charge on any atom is -0.508 e. The van der Waals surface area contributed by atoms with E-state index in [4.69, 9.17) is 5.73 Å². The van der Waals surface area contributed by atoms with Crippen LogP contribution in [0.25, 0.3) is 10.9 Å². The number of para-hydroxylation sites is 1. The van der Waals surface area contributed by atoms with Crippen LogP contribution in [0.5, 0.6) is 5.75 Å². The first-order valence-electron chi connectivity index (χ1n) is 38.1. The Labute approximate surface area is 674 Å². The van der Waals surface area contributed by atoms with Crippen molar-refractivity contribution in [2.75, 3.05) is 78.0 Å². The highest BCUT2D eigenvalue weighted by molar-refractivity contribution is 8.00. The number of aromatic hydroxyl groups is 1. The van der Waals surface area contributed by atoms with Crippen LogP contribution in [0, 0.1) is 0 Å². The normalized spacial score (nSPS) is 25.3. The maximum absolute atomic E-state index is 15.0. The van der Waals surface area contributed by atoms with Crippen LogP contribution in [0.2, 0.25) is 0 Å². The molecule has 1 aromatic heterocycles. The van der Waals surface area contributed by atoms with Crippen molar-refractivity contribution in [3.8, 4) is 5.75 Å². The number of phenolic OH excluding ortho intramolecular Hbond substituents is 1. The number of H-pyrrole nitrogens is 1. The molecule has 0 unspecified atom stereocenters. The molecule has 4 aliphatic rings. The van der Waals surface area contributed by atoms with Gasteiger partial charge in [0.15, 0.2) is 0 Å². The number of hydrogen-bond acceptors (Lipinski definition) is 23. The van der Waals surface area contributed by atoms with Gasteiger partial charge in [-0.25, -0.2) is 0 Å². The number of nitrogens with two attached hydrogens (primary N) is 1. The van der Waals surface area contributed by atoms with Crippen LogP contribution in [0.4, 0.5) is 0 Å². The van der Waals surface area contributed by atoms with E-state index < -0.39 is 274 Å². The molecule has 42 nitrogen and oxygen atoms in total. The molecule has 0 saturated carbocycles. The summed E-state index contributed by atoms with van der Waals surface area (Å²) in [4.78, 5) is 270. The summed E-state index contributed by atoms with van der Waals surface area (Å²) in [6, 6.07) is -5.58. The number of carbonyl (C=O) groups excluding carboxylic acids is 16. The number of unbranched alkanes of at least 4 members (excludes halogenated alkanes) is 1. The van der Waals surface area contributed by atoms with Gasteiger partial charge in [0.05, 0.1) is 51.1 Å². The minimum absolute atomic E-state index is 0.0508. The average molecular weight is 1660 g/mol. The number of fused-ring (bicyclic) bond motifs is 4. The number of carboxylic acid groups (broad SMARTS) is 3. The van der Waals surface area contributed by atoms with Crippen LogP contribution >= 0.6 is 11.8 Å². The van der Waals surface area contributed by atoms with Gasteiger partial charge in [-0.15, -0.1) is 11.8 Å². The molecule has 117 heavy (non-hydrogen) atoms. The summed E-state index contributed by atoms with van der Waals surface area (Å²) in [5, 5.41) is 85.7. The van der Waals surface area contributed by atoms with Crippen molar-refractivity contribution in [2.45, 2.75) is 182 Å². The Morgan fingerprint density at radius 2 is 1.15 bits per heavy atom. The van der Waals surface area contributed by atoms with Crippen LogP contribution < -0.4 is 58.9 Å². The first-order chi connectivity index (χ1) is 55.6. The summed E-state index contributed by atoms with van der Waals surface area (Å²) < 4.78 is 0. The van der Waals surface area contributed by atoms with Crippen molar-refractivity contribution in [3.05, 3.63) is 65.9 Å². The van der Waals surface area contributed by atoms with E-state index in [1.165, 1.54) is 38.4 Å². The first-order valence-corrected chi connectivity index (χ1v) is 39.2. The smallest absolute Gasteiger partial charge is 0.305 e. The van der Waals surface area contributed by atoms with E-state index in [2.05, 4.69) is 58.2 Å². The molecule has 5 heterocycles. The van der Waals surface area contributed by atoms with Crippen molar-refractivity contribution in [3.63, 3.8) is 0 Å². The number of hydrogen-bond donors (Lipinski definition) is 18. The Bertz CT molecular complexity index is 4190. The highest BCUT2D eigenvalue weighted by Crippen LogP contribution is 2.26. The molecule has 638 valence electrons. The van der Waals surface area contributed by atoms with Gasteiger partial charge in [-0.1, -0.05) is 50.1 Å². The van der Waals surface area contributed by atoms with Crippen molar-refractivity contribution >= 4 is 135 Å². The Kier molecular flexibility index (Phi) is 34.8. The molecular formula is C74H101N17O25S. The lowest BCUT2D eigenvalue weighted by atomic mass is 9.97. The molecule has 0 spiro atoms. The van der Waals surface area contributed by atoms with E-state index >= 15 is 0 Å². The van der Waals surface area contributed by atoms with Crippen LogP contribution in [0.1, 0.15) is 108 Å². The first kappa shape index (κ1) is 92.2. The third kappa shape index (κ3) is 27.0. The minimum atomic E-state index is -1.89. The fraction of sp³-hybridized carbons (Fsp3) is 0.554. The lowest BCUT2D eigenvalue weighted by Crippen LogP contribution is -2.61. The fourth-order valence-corrected chi connectivity index (χ4v) is 14.8. The van der Waals surface area contributed by atoms with Gasteiger partial charge in [-0.2, -0.15) is 0 Å². The number of rotatable bonds is 19. The zero-order valence-electron chi connectivity index (χ0n) is 64.7. The number of nitrogens with one attached hydrogen (secondary N) is 11. The molecule has 0 radical (unpaired) electrons. The van der Waals surface area contributed by atoms with E-state index in [0.29, 0.717) is 53.1 Å². The zero-order valence-corrected chi connectivity index (χ0v) is 65.5. The van der Waals surface area contributed by atoms with Gasteiger partial charge in [-0.3, -0.25) is 91.1 Å². The number of aromatic amines is 1. The van der Waals surface area contributed by atoms with Gasteiger partial charge in [0.2, 0.25) is 94.5 Å². The lowest BCUT2D eigenvalue weighted by molar-refractivity contribution is -0.149. The van der Waals surface area contributed by atoms with E-state index in [-0.39, 0.29) is 63.8 Å². The maximum atomic E-state index is 15.0. The fourth-order valence-electron chi connectivity index (χ4n) is 14.0. The number of aliphatic carboxylic acids is 3. The summed E-state index contributed by atoms with van der Waals surface area (Å²) in [5.41, 5.74) is 6.79. The molecule has 4 saturated heterocycles. The molecule has 43 heteroatoms. The number of carboxylic acids is 3. The summed E-state index contributed by atoms with van der Waals surface area (Å²) in [6.07, 6.45) is -3.34. The topological polar surface area (TPSA) is 624 Å². The highest BCUT2D eigenvalue weighted by Gasteiger charge is 2.45. The zero-order chi connectivity index (χ0) is 85.9. The molecule has 0 bridgehead atoms. The van der Waals surface area contributed by atoms with Crippen LogP contribution in [-0.2, 0) is 104 Å². The monoisotopic (exact) mass is 1660 g/mol. The van der Waals surface area contributed by atoms with E-state index in [1.807, 2.05) is 0 Å². The molecule has 0 aliphatic carbocycles. The summed E-state index contributed by atoms with van der Waals surface area (Å²) in [5.74, 6) is -22.1. The number of nitrogens with zero attached hydrogens (tertiary/aromatic N) is 5. The third-order valence-electron chi connectivity index (χ3n) is 20.1. The number of likely N-dealkylation sites (N-methyl/N-ethyl adjacent to an activating group) is 2. The molecule has 2 aromatic carbocycles. The quantitative estimate of drug-likeness (QED) is 0.0531. The number of carbonyl (C=O) groups is 19. The summed E-state index contributed by atoms with van der Waals surface area (Å²) >= 11 is 0.700. The number of amides is 16. The summed E-state index contributed by atoms with van der Waals surface area (Å²) in [7, 11) is 2.41. The lowest BCUT2D eigenvalue weighted by Gasteiger charge is -2.38. The predicted molar refractivity (Wildman–Crippen MR) is 410 cm³/mol. The number of aromatic nitrogens is 1. The second-order valence-corrected chi connectivity index (χ2v) is 29.8. The molecule has 7 rings (SSSR count). The van der Waals surface area contributed by atoms with Crippen LogP contribution in [0.3, 0.4) is 0 Å². The van der Waals surface area contributed by atoms with E-state index in [9.17, 15) is 122 Å². The number of piperidine rings is 1. The Morgan fingerprint density at radius 3 is 1.79 bits per heavy atom. The number of aliphatic hydroxyl groups is 2. The van der Waals surface area contributed by atoms with Crippen molar-refractivity contribution < 1.29 is 122 Å². The van der Waals surface area contributed by atoms with Gasteiger partial charge in [0.25, 0.3) is 0 Å². The van der Waals surface area contributed by atoms with Gasteiger partial charge >= 0.3 is 17.9 Å². The summed E-state index contributed by atoms with van der Waals surface area (Å²) in [6.45, 7) is -3.62. The molecule has 19 N–H and O–H groups in total. The van der Waals surface area contributed by atoms with Gasteiger partial charge in [-0.05, 0) is 80.7 Å². The molecule has 3 aromatic rings. The van der Waals surface area contributed by atoms with Crippen LogP contribution in [-0.4, -0.2) is 323 Å². The predicted octanol–water partition coefficient (Wildman–Crippen LogP) is -6.36. The van der Waals surface area contributed by atoms with Gasteiger partial charge in [0, 0.05) is 88.7 Å². The van der Waals surface area contributed by atoms with Gasteiger partial charge in [0.1, 0.15) is 72.2 Å². The molecular weight excluding hydrogens is 1560 g/mol. The molecule has 4 aliphatic heterocycles. The van der Waals surface area contributed by atoms with Crippen molar-refractivity contribution in [1.29, 1.82) is 0 Å². The van der Waals surface area contributed by atoms with Crippen molar-refractivity contribution in [2.24, 2.45) is 5.73 Å². The van der Waals surface area contributed by atoms with E-state index in [0.717, 1.165) is 24.5 Å². The van der Waals surface area contributed by atoms with Crippen molar-refractivity contribution in [1.82, 2.24) is 82.7 Å². The standard InChI is InChI=1S/C74H101N17O25S/c1-4-5-13-52-69(111)83-45(20-22-61(100)101)65(107)86-51(64(106)77-31-56(75)95)37-117-38-59(98)81-47(26-39-16-18-41(93)19-17-39)73(115)89-24-9-8-14-54(89)70(112)85-49(29-63(104)105)74(116)90-25-10-15-53(90)67(109)78-32-57(96)80-46(21-23-62(102)103)72(114)91-34-42(94)28-55(91)68(110)79-33-58(97)82-50(36-92)66(108)84-48(71(113)87(2)35-60(99)88(52)3)27-40-30-76-44-12-7-6-11-43(40)44/h6-7,11-12,16-19,30,42,45-55,76,92-94H,4-5,8-10,13-15,20-29,31-38H2,1-3H3,(H2,75,95)(H,77,106)(H,78,109)(H,79,110)(H,80,96)(H,81,98)(H,82,97)(H,83,111)(H,84,108)(H,85,112)(H,86,107)(H,100,101)(H,102,103)(H,104,105)/t42-,45+,46+,47+,48+,49+,50+,51+,52+,53+,54+,55+/m1/s1.